The lowest BCUT2D eigenvalue weighted by molar-refractivity contribution is -0.114. The maximum Gasteiger partial charge on any atom is 0.299 e. The predicted octanol–water partition coefficient (Wildman–Crippen LogP) is 2.89. The number of halogens is 2. The third-order valence-corrected chi connectivity index (χ3v) is 3.28. The predicted molar refractivity (Wildman–Crippen MR) is 68.1 cm³/mol. The normalized spacial score (nSPS) is 14.4. The highest BCUT2D eigenvalue weighted by atomic mass is 35.5. The van der Waals surface area contributed by atoms with Crippen molar-refractivity contribution >= 4 is 40.6 Å². The first kappa shape index (κ1) is 12.4. The molecule has 1 aliphatic rings. The average Bonchev–Trinajstić information content (AvgIpc) is 2.56. The van der Waals surface area contributed by atoms with Gasteiger partial charge in [-0.3, -0.25) is 9.59 Å². The minimum absolute atomic E-state index is 0.397. The number of ketones is 1. The van der Waals surface area contributed by atoms with Crippen LogP contribution in [0.15, 0.2) is 18.2 Å². The Kier molecular flexibility index (Phi) is 3.69. The first-order chi connectivity index (χ1) is 8.16. The number of anilines is 1. The molecule has 0 atom stereocenters. The molecule has 0 saturated carbocycles. The molecule has 0 radical (unpaired) electrons. The number of Topliss-reactive ketones (excluding diaryl/α,β-unsaturated/α-hetero) is 1. The van der Waals surface area contributed by atoms with E-state index in [1.807, 2.05) is 0 Å². The fourth-order valence-corrected chi connectivity index (χ4v) is 2.36. The Balaban J connectivity index is 2.30. The van der Waals surface area contributed by atoms with E-state index in [1.54, 1.807) is 18.2 Å². The van der Waals surface area contributed by atoms with E-state index in [0.717, 1.165) is 12.8 Å². The van der Waals surface area contributed by atoms with Crippen molar-refractivity contribution in [2.45, 2.75) is 12.8 Å². The lowest BCUT2D eigenvalue weighted by Gasteiger charge is -2.17. The molecule has 0 unspecified atom stereocenters. The molecule has 1 aromatic carbocycles. The van der Waals surface area contributed by atoms with Crippen LogP contribution < -0.4 is 4.90 Å². The number of hydrogen-bond donors (Lipinski definition) is 0. The van der Waals surface area contributed by atoms with Gasteiger partial charge in [0.25, 0.3) is 11.7 Å². The second kappa shape index (κ2) is 5.07. The molecular weight excluding hydrogens is 261 g/mol. The zero-order valence-electron chi connectivity index (χ0n) is 9.08. The zero-order chi connectivity index (χ0) is 12.4. The van der Waals surface area contributed by atoms with Crippen LogP contribution in [0.2, 0.25) is 5.02 Å². The molecule has 90 valence electrons. The van der Waals surface area contributed by atoms with Crippen molar-refractivity contribution in [2.75, 3.05) is 17.3 Å². The summed E-state index contributed by atoms with van der Waals surface area (Å²) in [7, 11) is 0. The topological polar surface area (TPSA) is 37.4 Å². The molecule has 0 saturated heterocycles. The number of amides is 1. The number of alkyl halides is 1. The van der Waals surface area contributed by atoms with Crippen molar-refractivity contribution in [1.82, 2.24) is 0 Å². The lowest BCUT2D eigenvalue weighted by Crippen LogP contribution is -2.30. The van der Waals surface area contributed by atoms with Crippen LogP contribution in [0.3, 0.4) is 0 Å². The highest BCUT2D eigenvalue weighted by Crippen LogP contribution is 2.35. The summed E-state index contributed by atoms with van der Waals surface area (Å²) in [6.45, 7) is 0.480. The number of rotatable bonds is 4. The van der Waals surface area contributed by atoms with E-state index in [0.29, 0.717) is 28.7 Å². The largest absolute Gasteiger partial charge is 0.303 e. The molecule has 1 aliphatic heterocycles. The minimum Gasteiger partial charge on any atom is -0.303 e. The van der Waals surface area contributed by atoms with Crippen LogP contribution in [0.25, 0.3) is 0 Å². The Hall–Kier alpha value is -1.06. The summed E-state index contributed by atoms with van der Waals surface area (Å²) >= 11 is 11.6. The number of unbranched alkanes of at least 4 members (excludes halogenated alkanes) is 1. The smallest absolute Gasteiger partial charge is 0.299 e. The zero-order valence-corrected chi connectivity index (χ0v) is 10.6. The van der Waals surface area contributed by atoms with Gasteiger partial charge in [-0.25, -0.2) is 0 Å². The molecule has 1 amide bonds. The molecule has 3 nitrogen and oxygen atoms in total. The van der Waals surface area contributed by atoms with Crippen LogP contribution in [-0.4, -0.2) is 24.1 Å². The standard InChI is InChI=1S/C12H11Cl2NO2/c13-6-1-2-7-15-10-8(11(16)12(15)17)4-3-5-9(10)14/h3-5H,1-2,6-7H2. The van der Waals surface area contributed by atoms with E-state index < -0.39 is 11.7 Å². The Morgan fingerprint density at radius 2 is 1.94 bits per heavy atom. The van der Waals surface area contributed by atoms with E-state index in [9.17, 15) is 9.59 Å². The average molecular weight is 272 g/mol. The Morgan fingerprint density at radius 3 is 2.65 bits per heavy atom. The van der Waals surface area contributed by atoms with E-state index >= 15 is 0 Å². The molecule has 5 heteroatoms. The molecule has 0 aliphatic carbocycles. The number of carbonyl (C=O) groups excluding carboxylic acids is 2. The van der Waals surface area contributed by atoms with Gasteiger partial charge >= 0.3 is 0 Å². The molecule has 0 fully saturated rings. The molecule has 0 spiro atoms. The summed E-state index contributed by atoms with van der Waals surface area (Å²) < 4.78 is 0. The SMILES string of the molecule is O=C1C(=O)N(CCCCCl)c2c(Cl)cccc21. The van der Waals surface area contributed by atoms with Gasteiger partial charge in [0.2, 0.25) is 0 Å². The summed E-state index contributed by atoms with van der Waals surface area (Å²) in [5, 5.41) is 0.438. The fourth-order valence-electron chi connectivity index (χ4n) is 1.89. The van der Waals surface area contributed by atoms with Gasteiger partial charge in [0.1, 0.15) is 0 Å². The number of carbonyl (C=O) groups is 2. The van der Waals surface area contributed by atoms with Crippen LogP contribution in [0.4, 0.5) is 5.69 Å². The number of fused-ring (bicyclic) bond motifs is 1. The van der Waals surface area contributed by atoms with Crippen molar-refractivity contribution in [3.63, 3.8) is 0 Å². The van der Waals surface area contributed by atoms with Gasteiger partial charge in [0.15, 0.2) is 0 Å². The lowest BCUT2D eigenvalue weighted by atomic mass is 10.1. The van der Waals surface area contributed by atoms with Crippen LogP contribution in [0.5, 0.6) is 0 Å². The van der Waals surface area contributed by atoms with E-state index in [-0.39, 0.29) is 0 Å². The van der Waals surface area contributed by atoms with Gasteiger partial charge in [-0.1, -0.05) is 17.7 Å². The van der Waals surface area contributed by atoms with Crippen molar-refractivity contribution in [3.05, 3.63) is 28.8 Å². The second-order valence-corrected chi connectivity index (χ2v) is 4.60. The molecule has 0 aromatic heterocycles. The second-order valence-electron chi connectivity index (χ2n) is 3.82. The van der Waals surface area contributed by atoms with Gasteiger partial charge in [0.05, 0.1) is 16.3 Å². The number of hydrogen-bond acceptors (Lipinski definition) is 2. The van der Waals surface area contributed by atoms with Gasteiger partial charge in [-0.2, -0.15) is 0 Å². The third kappa shape index (κ3) is 2.17. The first-order valence-corrected chi connectivity index (χ1v) is 6.28. The quantitative estimate of drug-likeness (QED) is 0.480. The van der Waals surface area contributed by atoms with Gasteiger partial charge in [-0.15, -0.1) is 11.6 Å². The molecule has 1 aromatic rings. The molecule has 2 rings (SSSR count). The number of benzene rings is 1. The molecule has 1 heterocycles. The summed E-state index contributed by atoms with van der Waals surface area (Å²) in [6, 6.07) is 4.98. The van der Waals surface area contributed by atoms with E-state index in [4.69, 9.17) is 23.2 Å². The molecule has 0 bridgehead atoms. The third-order valence-electron chi connectivity index (χ3n) is 2.71. The molecule has 0 N–H and O–H groups in total. The van der Waals surface area contributed by atoms with Crippen molar-refractivity contribution in [1.29, 1.82) is 0 Å². The van der Waals surface area contributed by atoms with Gasteiger partial charge in [0, 0.05) is 12.4 Å². The summed E-state index contributed by atoms with van der Waals surface area (Å²) in [5.74, 6) is -0.429. The monoisotopic (exact) mass is 271 g/mol. The van der Waals surface area contributed by atoms with E-state index in [2.05, 4.69) is 0 Å². The van der Waals surface area contributed by atoms with Crippen molar-refractivity contribution in [2.24, 2.45) is 0 Å². The van der Waals surface area contributed by atoms with Crippen LogP contribution in [0, 0.1) is 0 Å². The highest BCUT2D eigenvalue weighted by molar-refractivity contribution is 6.54. The van der Waals surface area contributed by atoms with E-state index in [1.165, 1.54) is 4.90 Å². The molecule has 17 heavy (non-hydrogen) atoms. The fraction of sp³-hybridized carbons (Fsp3) is 0.333. The van der Waals surface area contributed by atoms with Crippen molar-refractivity contribution < 1.29 is 9.59 Å². The Labute approximate surface area is 109 Å². The highest BCUT2D eigenvalue weighted by Gasteiger charge is 2.36. The maximum atomic E-state index is 11.8. The van der Waals surface area contributed by atoms with Crippen LogP contribution in [-0.2, 0) is 4.79 Å². The van der Waals surface area contributed by atoms with Gasteiger partial charge < -0.3 is 4.90 Å². The summed E-state index contributed by atoms with van der Waals surface area (Å²) in [4.78, 5) is 25.0. The summed E-state index contributed by atoms with van der Waals surface area (Å²) in [6.07, 6.45) is 1.56. The van der Waals surface area contributed by atoms with Crippen molar-refractivity contribution in [3.8, 4) is 0 Å². The Morgan fingerprint density at radius 1 is 1.18 bits per heavy atom. The van der Waals surface area contributed by atoms with Gasteiger partial charge in [-0.05, 0) is 25.0 Å². The number of nitrogens with zero attached hydrogens (tertiary/aromatic N) is 1. The first-order valence-electron chi connectivity index (χ1n) is 5.37. The van der Waals surface area contributed by atoms with Crippen LogP contribution >= 0.6 is 23.2 Å². The number of para-hydroxylation sites is 1. The maximum absolute atomic E-state index is 11.8. The van der Waals surface area contributed by atoms with Crippen LogP contribution in [0.1, 0.15) is 23.2 Å². The Bertz CT molecular complexity index is 474. The molecular formula is C12H11Cl2NO2. The minimum atomic E-state index is -0.498. The summed E-state index contributed by atoms with van der Waals surface area (Å²) in [5.41, 5.74) is 0.937.